The Morgan fingerprint density at radius 1 is 1.00 bits per heavy atom. The van der Waals surface area contributed by atoms with Gasteiger partial charge in [0.2, 0.25) is 5.82 Å². The zero-order valence-electron chi connectivity index (χ0n) is 14.3. The second-order valence-corrected chi connectivity index (χ2v) is 5.80. The molecule has 132 valence electrons. The number of rotatable bonds is 9. The number of unbranched alkanes of at least 4 members (excludes halogenated alkanes) is 4. The Balaban J connectivity index is 1.86. The van der Waals surface area contributed by atoms with Gasteiger partial charge in [-0.15, -0.1) is 0 Å². The van der Waals surface area contributed by atoms with Crippen molar-refractivity contribution in [3.05, 3.63) is 53.6 Å². The summed E-state index contributed by atoms with van der Waals surface area (Å²) in [5, 5.41) is 8.84. The fourth-order valence-corrected chi connectivity index (χ4v) is 2.34. The summed E-state index contributed by atoms with van der Waals surface area (Å²) in [5.74, 6) is -1.47. The lowest BCUT2D eigenvalue weighted by atomic mass is 10.1. The highest BCUT2D eigenvalue weighted by atomic mass is 16.5. The molecule has 0 fully saturated rings. The molecule has 0 aliphatic rings. The van der Waals surface area contributed by atoms with Gasteiger partial charge in [-0.25, -0.2) is 19.6 Å². The summed E-state index contributed by atoms with van der Waals surface area (Å²) in [6, 6.07) is 5.58. The molecule has 1 aromatic carbocycles. The molecule has 0 saturated carbocycles. The van der Waals surface area contributed by atoms with Gasteiger partial charge in [0.1, 0.15) is 5.75 Å². The number of nitrogens with zero attached hydrogens (tertiary/aromatic N) is 2. The first-order valence-corrected chi connectivity index (χ1v) is 8.46. The lowest BCUT2D eigenvalue weighted by Gasteiger charge is -2.05. The van der Waals surface area contributed by atoms with E-state index < -0.39 is 11.9 Å². The lowest BCUT2D eigenvalue weighted by Crippen LogP contribution is -2.13. The van der Waals surface area contributed by atoms with Crippen molar-refractivity contribution in [3.8, 4) is 5.75 Å². The normalized spacial score (nSPS) is 10.4. The van der Waals surface area contributed by atoms with Crippen LogP contribution in [-0.4, -0.2) is 27.0 Å². The van der Waals surface area contributed by atoms with Gasteiger partial charge in [-0.1, -0.05) is 32.6 Å². The summed E-state index contributed by atoms with van der Waals surface area (Å²) in [5.41, 5.74) is 1.12. The van der Waals surface area contributed by atoms with E-state index in [4.69, 9.17) is 9.84 Å². The maximum absolute atomic E-state index is 12.0. The van der Waals surface area contributed by atoms with Crippen LogP contribution in [0.15, 0.2) is 36.7 Å². The predicted molar refractivity (Wildman–Crippen MR) is 92.9 cm³/mol. The average Bonchev–Trinajstić information content (AvgIpc) is 2.62. The van der Waals surface area contributed by atoms with Crippen LogP contribution in [0, 0.1) is 0 Å². The highest BCUT2D eigenvalue weighted by Crippen LogP contribution is 2.14. The van der Waals surface area contributed by atoms with E-state index in [0.717, 1.165) is 18.4 Å². The van der Waals surface area contributed by atoms with E-state index in [-0.39, 0.29) is 17.1 Å². The largest absolute Gasteiger partial charge is 0.478 e. The minimum Gasteiger partial charge on any atom is -0.478 e. The van der Waals surface area contributed by atoms with Crippen LogP contribution in [0.5, 0.6) is 5.75 Å². The van der Waals surface area contributed by atoms with Gasteiger partial charge in [0.25, 0.3) is 0 Å². The van der Waals surface area contributed by atoms with Gasteiger partial charge >= 0.3 is 11.9 Å². The molecule has 0 saturated heterocycles. The highest BCUT2D eigenvalue weighted by molar-refractivity contribution is 5.89. The molecule has 6 heteroatoms. The van der Waals surface area contributed by atoms with Crippen molar-refractivity contribution in [1.82, 2.24) is 9.97 Å². The van der Waals surface area contributed by atoms with Crippen LogP contribution in [0.25, 0.3) is 0 Å². The molecule has 0 amide bonds. The van der Waals surface area contributed by atoms with Gasteiger partial charge in [-0.05, 0) is 42.7 Å². The second-order valence-electron chi connectivity index (χ2n) is 5.80. The minimum absolute atomic E-state index is 0.0166. The van der Waals surface area contributed by atoms with Gasteiger partial charge < -0.3 is 9.84 Å². The van der Waals surface area contributed by atoms with Crippen LogP contribution < -0.4 is 4.74 Å². The Kier molecular flexibility index (Phi) is 7.07. The molecule has 1 N–H and O–H groups in total. The second kappa shape index (κ2) is 9.52. The third-order valence-corrected chi connectivity index (χ3v) is 3.77. The number of aromatic nitrogens is 2. The van der Waals surface area contributed by atoms with Crippen LogP contribution in [0.3, 0.4) is 0 Å². The maximum Gasteiger partial charge on any atom is 0.381 e. The Labute approximate surface area is 146 Å². The van der Waals surface area contributed by atoms with Crippen molar-refractivity contribution in [2.45, 2.75) is 45.4 Å². The minimum atomic E-state index is -1.04. The first kappa shape index (κ1) is 18.6. The first-order chi connectivity index (χ1) is 12.1. The number of ether oxygens (including phenoxy) is 1. The molecule has 0 atom stereocenters. The smallest absolute Gasteiger partial charge is 0.381 e. The molecule has 0 aliphatic carbocycles. The van der Waals surface area contributed by atoms with Crippen LogP contribution >= 0.6 is 0 Å². The summed E-state index contributed by atoms with van der Waals surface area (Å²) in [6.07, 6.45) is 10.2. The van der Waals surface area contributed by atoms with E-state index in [1.165, 1.54) is 49.9 Å². The summed E-state index contributed by atoms with van der Waals surface area (Å²) >= 11 is 0. The Hall–Kier alpha value is -2.76. The van der Waals surface area contributed by atoms with Gasteiger partial charge in [0.05, 0.1) is 5.56 Å². The number of hydrogen-bond acceptors (Lipinski definition) is 5. The summed E-state index contributed by atoms with van der Waals surface area (Å²) in [4.78, 5) is 30.9. The molecule has 25 heavy (non-hydrogen) atoms. The lowest BCUT2D eigenvalue weighted by molar-refractivity contribution is 0.0696. The van der Waals surface area contributed by atoms with Crippen molar-refractivity contribution < 1.29 is 19.4 Å². The van der Waals surface area contributed by atoms with Crippen LogP contribution in [0.1, 0.15) is 65.6 Å². The molecule has 0 radical (unpaired) electrons. The van der Waals surface area contributed by atoms with Crippen LogP contribution in [0.2, 0.25) is 0 Å². The van der Waals surface area contributed by atoms with E-state index in [1.54, 1.807) is 12.4 Å². The van der Waals surface area contributed by atoms with Crippen molar-refractivity contribution in [1.29, 1.82) is 0 Å². The van der Waals surface area contributed by atoms with Crippen molar-refractivity contribution >= 4 is 11.9 Å². The summed E-state index contributed by atoms with van der Waals surface area (Å²) < 4.78 is 5.14. The van der Waals surface area contributed by atoms with E-state index in [9.17, 15) is 9.59 Å². The third-order valence-electron chi connectivity index (χ3n) is 3.77. The SMILES string of the molecule is CCCCCCCc1cnc(C(=O)Oc2ccc(C(=O)O)cc2)nc1. The van der Waals surface area contributed by atoms with E-state index >= 15 is 0 Å². The number of carbonyl (C=O) groups excluding carboxylic acids is 1. The molecule has 0 bridgehead atoms. The van der Waals surface area contributed by atoms with Crippen molar-refractivity contribution in [2.24, 2.45) is 0 Å². The molecule has 2 aromatic rings. The number of carboxylic acid groups (broad SMARTS) is 1. The summed E-state index contributed by atoms with van der Waals surface area (Å²) in [7, 11) is 0. The molecule has 1 aromatic heterocycles. The Bertz CT molecular complexity index is 696. The number of benzene rings is 1. The zero-order chi connectivity index (χ0) is 18.1. The van der Waals surface area contributed by atoms with Gasteiger partial charge in [-0.3, -0.25) is 0 Å². The molecular formula is C19H22N2O4. The van der Waals surface area contributed by atoms with Crippen molar-refractivity contribution in [3.63, 3.8) is 0 Å². The highest BCUT2D eigenvalue weighted by Gasteiger charge is 2.12. The Morgan fingerprint density at radius 2 is 1.64 bits per heavy atom. The first-order valence-electron chi connectivity index (χ1n) is 8.46. The fourth-order valence-electron chi connectivity index (χ4n) is 2.34. The molecule has 2 rings (SSSR count). The van der Waals surface area contributed by atoms with Gasteiger partial charge in [0, 0.05) is 12.4 Å². The number of esters is 1. The third kappa shape index (κ3) is 5.99. The molecule has 0 aliphatic heterocycles. The zero-order valence-corrected chi connectivity index (χ0v) is 14.3. The molecule has 0 spiro atoms. The van der Waals surface area contributed by atoms with Crippen LogP contribution in [-0.2, 0) is 6.42 Å². The molecule has 0 unspecified atom stereocenters. The predicted octanol–water partition coefficient (Wildman–Crippen LogP) is 3.91. The van der Waals surface area contributed by atoms with Crippen molar-refractivity contribution in [2.75, 3.05) is 0 Å². The standard InChI is InChI=1S/C19H22N2O4/c1-2-3-4-5-6-7-14-12-20-17(21-13-14)19(24)25-16-10-8-15(9-11-16)18(22)23/h8-13H,2-7H2,1H3,(H,22,23). The van der Waals surface area contributed by atoms with Gasteiger partial charge in [0.15, 0.2) is 0 Å². The number of aryl methyl sites for hydroxylation is 1. The van der Waals surface area contributed by atoms with E-state index in [0.29, 0.717) is 0 Å². The molecule has 1 heterocycles. The number of aromatic carboxylic acids is 1. The maximum atomic E-state index is 12.0. The average molecular weight is 342 g/mol. The van der Waals surface area contributed by atoms with Crippen LogP contribution in [0.4, 0.5) is 0 Å². The number of carbonyl (C=O) groups is 2. The summed E-state index contributed by atoms with van der Waals surface area (Å²) in [6.45, 7) is 2.19. The Morgan fingerprint density at radius 3 is 2.24 bits per heavy atom. The van der Waals surface area contributed by atoms with Gasteiger partial charge in [-0.2, -0.15) is 0 Å². The topological polar surface area (TPSA) is 89.4 Å². The molecule has 6 nitrogen and oxygen atoms in total. The number of carboxylic acids is 1. The fraction of sp³-hybridized carbons (Fsp3) is 0.368. The quantitative estimate of drug-likeness (QED) is 0.422. The monoisotopic (exact) mass is 342 g/mol. The number of hydrogen-bond donors (Lipinski definition) is 1. The molecular weight excluding hydrogens is 320 g/mol. The van der Waals surface area contributed by atoms with E-state index in [1.807, 2.05) is 0 Å². The van der Waals surface area contributed by atoms with E-state index in [2.05, 4.69) is 16.9 Å².